The third-order valence-corrected chi connectivity index (χ3v) is 3.22. The Morgan fingerprint density at radius 1 is 1.19 bits per heavy atom. The average molecular weight is 215 g/mol. The Bertz CT molecular complexity index is 558. The van der Waals surface area contributed by atoms with E-state index in [2.05, 4.69) is 47.9 Å². The molecule has 82 valence electrons. The molecule has 0 aliphatic carbocycles. The van der Waals surface area contributed by atoms with Crippen molar-refractivity contribution in [2.45, 2.75) is 19.6 Å². The standard InChI is InChI=1S/C13H15N2O/c1-13(2)14(3)15-9-5-7-10-6-4-8-11(16-13)12(10)15/h4-9H,1-3H3/q+1. The highest BCUT2D eigenvalue weighted by Gasteiger charge is 2.39. The van der Waals surface area contributed by atoms with Gasteiger partial charge in [0.15, 0.2) is 5.75 Å². The summed E-state index contributed by atoms with van der Waals surface area (Å²) < 4.78 is 8.16. The van der Waals surface area contributed by atoms with Gasteiger partial charge in [0.05, 0.1) is 12.4 Å². The Balaban J connectivity index is 2.40. The number of para-hydroxylation sites is 1. The van der Waals surface area contributed by atoms with Crippen molar-refractivity contribution in [3.8, 4) is 5.75 Å². The maximum Gasteiger partial charge on any atom is 0.284 e. The van der Waals surface area contributed by atoms with Gasteiger partial charge in [-0.2, -0.15) is 0 Å². The minimum atomic E-state index is -0.326. The Hall–Kier alpha value is -1.77. The second kappa shape index (κ2) is 2.88. The molecule has 1 aromatic heterocycles. The third kappa shape index (κ3) is 1.11. The van der Waals surface area contributed by atoms with Crippen LogP contribution < -0.4 is 14.4 Å². The van der Waals surface area contributed by atoms with E-state index in [9.17, 15) is 0 Å². The van der Waals surface area contributed by atoms with Crippen LogP contribution in [-0.2, 0) is 0 Å². The Kier molecular flexibility index (Phi) is 1.70. The topological polar surface area (TPSA) is 16.4 Å². The highest BCUT2D eigenvalue weighted by molar-refractivity contribution is 5.81. The van der Waals surface area contributed by atoms with Crippen LogP contribution in [0.5, 0.6) is 5.75 Å². The second-order valence-corrected chi connectivity index (χ2v) is 4.62. The van der Waals surface area contributed by atoms with Gasteiger partial charge in [0.25, 0.3) is 5.52 Å². The first kappa shape index (κ1) is 9.46. The highest BCUT2D eigenvalue weighted by Crippen LogP contribution is 2.29. The van der Waals surface area contributed by atoms with Crippen molar-refractivity contribution >= 4 is 10.9 Å². The van der Waals surface area contributed by atoms with Crippen molar-refractivity contribution in [3.05, 3.63) is 36.5 Å². The Morgan fingerprint density at radius 3 is 2.75 bits per heavy atom. The number of pyridine rings is 1. The number of nitrogens with zero attached hydrogens (tertiary/aromatic N) is 2. The van der Waals surface area contributed by atoms with Gasteiger partial charge >= 0.3 is 0 Å². The van der Waals surface area contributed by atoms with Crippen LogP contribution in [-0.4, -0.2) is 12.8 Å². The Morgan fingerprint density at radius 2 is 1.94 bits per heavy atom. The summed E-state index contributed by atoms with van der Waals surface area (Å²) in [5, 5.41) is 3.30. The number of ether oxygens (including phenoxy) is 1. The van der Waals surface area contributed by atoms with Crippen molar-refractivity contribution in [1.29, 1.82) is 0 Å². The van der Waals surface area contributed by atoms with Crippen LogP contribution in [0.4, 0.5) is 0 Å². The van der Waals surface area contributed by atoms with Crippen LogP contribution in [0.1, 0.15) is 13.8 Å². The van der Waals surface area contributed by atoms with Crippen molar-refractivity contribution in [2.24, 2.45) is 0 Å². The van der Waals surface area contributed by atoms with E-state index < -0.39 is 0 Å². The first-order valence-electron chi connectivity index (χ1n) is 5.46. The van der Waals surface area contributed by atoms with Crippen LogP contribution in [0.25, 0.3) is 10.9 Å². The zero-order valence-electron chi connectivity index (χ0n) is 9.77. The van der Waals surface area contributed by atoms with E-state index in [1.54, 1.807) is 0 Å². The zero-order valence-corrected chi connectivity index (χ0v) is 9.77. The molecule has 0 saturated heterocycles. The zero-order chi connectivity index (χ0) is 11.3. The molecule has 0 amide bonds. The fraction of sp³-hybridized carbons (Fsp3) is 0.308. The van der Waals surface area contributed by atoms with Crippen molar-refractivity contribution < 1.29 is 9.41 Å². The van der Waals surface area contributed by atoms with Crippen LogP contribution >= 0.6 is 0 Å². The molecule has 1 aromatic carbocycles. The summed E-state index contributed by atoms with van der Waals surface area (Å²) in [6, 6.07) is 10.3. The molecule has 3 rings (SSSR count). The molecule has 1 aliphatic rings. The molecule has 16 heavy (non-hydrogen) atoms. The van der Waals surface area contributed by atoms with Gasteiger partial charge in [-0.3, -0.25) is 0 Å². The molecule has 2 heterocycles. The van der Waals surface area contributed by atoms with Gasteiger partial charge in [0.1, 0.15) is 0 Å². The molecule has 0 spiro atoms. The molecular formula is C13H15N2O+. The van der Waals surface area contributed by atoms with Crippen molar-refractivity contribution in [1.82, 2.24) is 0 Å². The van der Waals surface area contributed by atoms with Crippen LogP contribution in [0, 0.1) is 0 Å². The second-order valence-electron chi connectivity index (χ2n) is 4.62. The summed E-state index contributed by atoms with van der Waals surface area (Å²) in [6.45, 7) is 4.13. The molecule has 3 heteroatoms. The molecular weight excluding hydrogens is 200 g/mol. The lowest BCUT2D eigenvalue weighted by Gasteiger charge is -2.35. The lowest BCUT2D eigenvalue weighted by Crippen LogP contribution is -2.69. The summed E-state index contributed by atoms with van der Waals surface area (Å²) in [4.78, 5) is 0. The van der Waals surface area contributed by atoms with Crippen molar-refractivity contribution in [3.63, 3.8) is 0 Å². The van der Waals surface area contributed by atoms with E-state index in [-0.39, 0.29) is 5.72 Å². The van der Waals surface area contributed by atoms with Gasteiger partial charge in [-0.05, 0) is 32.0 Å². The summed E-state index contributed by atoms with van der Waals surface area (Å²) in [5.74, 6) is 0.946. The molecule has 3 nitrogen and oxygen atoms in total. The number of hydrogen-bond donors (Lipinski definition) is 0. The predicted molar refractivity (Wildman–Crippen MR) is 63.0 cm³/mol. The number of rotatable bonds is 0. The molecule has 1 aliphatic heterocycles. The predicted octanol–water partition coefficient (Wildman–Crippen LogP) is 1.82. The van der Waals surface area contributed by atoms with Gasteiger partial charge in [-0.25, -0.2) is 0 Å². The first-order valence-corrected chi connectivity index (χ1v) is 5.46. The maximum absolute atomic E-state index is 6.01. The quantitative estimate of drug-likeness (QED) is 0.623. The minimum Gasteiger partial charge on any atom is -0.456 e. The highest BCUT2D eigenvalue weighted by atomic mass is 16.5. The number of benzene rings is 1. The lowest BCUT2D eigenvalue weighted by atomic mass is 10.1. The van der Waals surface area contributed by atoms with Gasteiger partial charge in [0.2, 0.25) is 11.9 Å². The summed E-state index contributed by atoms with van der Waals surface area (Å²) >= 11 is 0. The maximum atomic E-state index is 6.01. The Labute approximate surface area is 94.8 Å². The molecule has 0 radical (unpaired) electrons. The van der Waals surface area contributed by atoms with E-state index in [0.717, 1.165) is 11.3 Å². The third-order valence-electron chi connectivity index (χ3n) is 3.22. The van der Waals surface area contributed by atoms with Crippen LogP contribution in [0.15, 0.2) is 36.5 Å². The molecule has 0 unspecified atom stereocenters. The average Bonchev–Trinajstić information content (AvgIpc) is 2.26. The van der Waals surface area contributed by atoms with E-state index in [1.165, 1.54) is 5.39 Å². The lowest BCUT2D eigenvalue weighted by molar-refractivity contribution is -0.684. The molecule has 2 aromatic rings. The smallest absolute Gasteiger partial charge is 0.284 e. The number of hydrogen-bond acceptors (Lipinski definition) is 2. The van der Waals surface area contributed by atoms with Crippen LogP contribution in [0.2, 0.25) is 0 Å². The fourth-order valence-electron chi connectivity index (χ4n) is 2.15. The molecule has 0 atom stereocenters. The van der Waals surface area contributed by atoms with E-state index in [1.807, 2.05) is 19.2 Å². The summed E-state index contributed by atoms with van der Waals surface area (Å²) in [7, 11) is 2.04. The van der Waals surface area contributed by atoms with Gasteiger partial charge in [0, 0.05) is 6.07 Å². The number of aromatic nitrogens is 1. The summed E-state index contributed by atoms with van der Waals surface area (Å²) in [5.41, 5.74) is 0.805. The molecule has 0 fully saturated rings. The van der Waals surface area contributed by atoms with E-state index >= 15 is 0 Å². The van der Waals surface area contributed by atoms with Gasteiger partial charge < -0.3 is 4.74 Å². The molecule has 0 N–H and O–H groups in total. The van der Waals surface area contributed by atoms with E-state index in [4.69, 9.17) is 4.74 Å². The SMILES string of the molecule is CN1[n+]2cccc3cccc(c32)OC1(C)C. The van der Waals surface area contributed by atoms with Crippen LogP contribution in [0.3, 0.4) is 0 Å². The van der Waals surface area contributed by atoms with Gasteiger partial charge in [-0.15, -0.1) is 5.01 Å². The normalized spacial score (nSPS) is 17.3. The molecule has 0 bridgehead atoms. The summed E-state index contributed by atoms with van der Waals surface area (Å²) in [6.07, 6.45) is 2.07. The fourth-order valence-corrected chi connectivity index (χ4v) is 2.15. The minimum absolute atomic E-state index is 0.326. The monoisotopic (exact) mass is 215 g/mol. The largest absolute Gasteiger partial charge is 0.456 e. The van der Waals surface area contributed by atoms with Gasteiger partial charge in [-0.1, -0.05) is 10.7 Å². The van der Waals surface area contributed by atoms with E-state index in [0.29, 0.717) is 0 Å². The first-order chi connectivity index (χ1) is 7.59. The van der Waals surface area contributed by atoms with Crippen molar-refractivity contribution in [2.75, 3.05) is 12.1 Å². The molecule has 0 saturated carbocycles.